The van der Waals surface area contributed by atoms with Crippen LogP contribution in [0.4, 0.5) is 18.9 Å². The number of rotatable bonds is 7. The van der Waals surface area contributed by atoms with Crippen LogP contribution in [0.25, 0.3) is 0 Å². The van der Waals surface area contributed by atoms with E-state index in [4.69, 9.17) is 0 Å². The summed E-state index contributed by atoms with van der Waals surface area (Å²) in [6, 6.07) is 18.7. The molecule has 0 bridgehead atoms. The van der Waals surface area contributed by atoms with E-state index in [0.717, 1.165) is 34.6 Å². The minimum atomic E-state index is -4.34. The van der Waals surface area contributed by atoms with Gasteiger partial charge in [0.1, 0.15) is 0 Å². The molecule has 0 saturated heterocycles. The second kappa shape index (κ2) is 9.14. The maximum absolute atomic E-state index is 12.6. The van der Waals surface area contributed by atoms with Crippen LogP contribution in [0.15, 0.2) is 82.6 Å². The van der Waals surface area contributed by atoms with E-state index in [2.05, 4.69) is 4.72 Å². The predicted molar refractivity (Wildman–Crippen MR) is 114 cm³/mol. The summed E-state index contributed by atoms with van der Waals surface area (Å²) in [5.74, 6) is 0.507. The lowest BCUT2D eigenvalue weighted by molar-refractivity contribution is -0.137. The molecule has 30 heavy (non-hydrogen) atoms. The van der Waals surface area contributed by atoms with Gasteiger partial charge in [-0.3, -0.25) is 4.72 Å². The maximum Gasteiger partial charge on any atom is 0.416 e. The number of halogens is 3. The van der Waals surface area contributed by atoms with Crippen molar-refractivity contribution in [1.82, 2.24) is 0 Å². The maximum atomic E-state index is 12.6. The molecule has 0 aliphatic rings. The zero-order valence-electron chi connectivity index (χ0n) is 16.1. The molecule has 1 N–H and O–H groups in total. The van der Waals surface area contributed by atoms with Crippen LogP contribution in [0.3, 0.4) is 0 Å². The van der Waals surface area contributed by atoms with Crippen molar-refractivity contribution < 1.29 is 21.6 Å². The molecule has 0 unspecified atom stereocenters. The van der Waals surface area contributed by atoms with Gasteiger partial charge in [0.15, 0.2) is 0 Å². The zero-order chi connectivity index (χ0) is 21.8. The molecule has 3 aromatic carbocycles. The van der Waals surface area contributed by atoms with E-state index in [1.165, 1.54) is 23.9 Å². The molecule has 0 amide bonds. The summed E-state index contributed by atoms with van der Waals surface area (Å²) in [5, 5.41) is 0. The molecule has 0 spiro atoms. The first-order chi connectivity index (χ1) is 14.2. The fourth-order valence-electron chi connectivity index (χ4n) is 2.69. The molecule has 0 atom stereocenters. The van der Waals surface area contributed by atoms with Crippen LogP contribution in [0.5, 0.6) is 0 Å². The van der Waals surface area contributed by atoms with Gasteiger partial charge < -0.3 is 0 Å². The molecule has 3 rings (SSSR count). The molecular formula is C22H20F3NO2S2. The summed E-state index contributed by atoms with van der Waals surface area (Å²) in [4.78, 5) is 1.07. The first-order valence-electron chi connectivity index (χ1n) is 9.18. The Kier molecular flexibility index (Phi) is 6.77. The van der Waals surface area contributed by atoms with Crippen molar-refractivity contribution in [3.63, 3.8) is 0 Å². The molecule has 0 aliphatic carbocycles. The van der Waals surface area contributed by atoms with Crippen molar-refractivity contribution in [1.29, 1.82) is 0 Å². The van der Waals surface area contributed by atoms with Crippen LogP contribution < -0.4 is 4.72 Å². The Hall–Kier alpha value is -2.45. The molecule has 0 aromatic heterocycles. The highest BCUT2D eigenvalue weighted by Crippen LogP contribution is 2.30. The van der Waals surface area contributed by atoms with Gasteiger partial charge in [-0.1, -0.05) is 31.2 Å². The van der Waals surface area contributed by atoms with Gasteiger partial charge in [-0.15, -0.1) is 11.8 Å². The summed E-state index contributed by atoms with van der Waals surface area (Å²) in [6.07, 6.45) is -3.51. The lowest BCUT2D eigenvalue weighted by Crippen LogP contribution is -2.12. The molecule has 0 saturated carbocycles. The van der Waals surface area contributed by atoms with Gasteiger partial charge in [-0.05, 0) is 66.1 Å². The summed E-state index contributed by atoms with van der Waals surface area (Å²) in [6.45, 7) is 2.00. The number of nitrogens with one attached hydrogen (secondary N) is 1. The molecule has 0 radical (unpaired) electrons. The summed E-state index contributed by atoms with van der Waals surface area (Å²) < 4.78 is 65.4. The van der Waals surface area contributed by atoms with Crippen molar-refractivity contribution in [2.45, 2.75) is 35.1 Å². The summed E-state index contributed by atoms with van der Waals surface area (Å²) in [5.41, 5.74) is 1.60. The van der Waals surface area contributed by atoms with Gasteiger partial charge in [0.25, 0.3) is 10.0 Å². The molecule has 0 fully saturated rings. The molecule has 8 heteroatoms. The number of thioether (sulfide) groups is 1. The van der Waals surface area contributed by atoms with Crippen LogP contribution >= 0.6 is 11.8 Å². The van der Waals surface area contributed by atoms with E-state index in [9.17, 15) is 21.6 Å². The fourth-order valence-corrected chi connectivity index (χ4v) is 4.61. The van der Waals surface area contributed by atoms with Crippen molar-refractivity contribution in [2.75, 3.05) is 4.72 Å². The van der Waals surface area contributed by atoms with E-state index < -0.39 is 21.8 Å². The largest absolute Gasteiger partial charge is 0.416 e. The fraction of sp³-hybridized carbons (Fsp3) is 0.182. The number of aryl methyl sites for hydroxylation is 1. The lowest BCUT2D eigenvalue weighted by Gasteiger charge is -2.10. The van der Waals surface area contributed by atoms with Crippen molar-refractivity contribution in [3.8, 4) is 0 Å². The Balaban J connectivity index is 1.60. The van der Waals surface area contributed by atoms with Crippen LogP contribution in [-0.4, -0.2) is 8.42 Å². The number of hydrogen-bond acceptors (Lipinski definition) is 3. The van der Waals surface area contributed by atoms with Crippen molar-refractivity contribution in [3.05, 3.63) is 89.5 Å². The topological polar surface area (TPSA) is 46.2 Å². The Bertz CT molecular complexity index is 1080. The van der Waals surface area contributed by atoms with Crippen molar-refractivity contribution >= 4 is 27.5 Å². The second-order valence-electron chi connectivity index (χ2n) is 6.61. The van der Waals surface area contributed by atoms with E-state index in [-0.39, 0.29) is 4.90 Å². The SMILES string of the molecule is CCc1ccc(S(=O)(=O)Nc2ccc(SCc3ccc(C(F)(F)F)cc3)cc2)cc1. The Morgan fingerprint density at radius 3 is 1.93 bits per heavy atom. The summed E-state index contributed by atoms with van der Waals surface area (Å²) >= 11 is 1.46. The zero-order valence-corrected chi connectivity index (χ0v) is 17.7. The van der Waals surface area contributed by atoms with Gasteiger partial charge in [0.2, 0.25) is 0 Å². The lowest BCUT2D eigenvalue weighted by atomic mass is 10.1. The van der Waals surface area contributed by atoms with Crippen LogP contribution in [-0.2, 0) is 28.4 Å². The first-order valence-corrected chi connectivity index (χ1v) is 11.6. The highest BCUT2D eigenvalue weighted by molar-refractivity contribution is 7.98. The molecular weight excluding hydrogens is 431 g/mol. The molecule has 3 aromatic rings. The molecule has 158 valence electrons. The van der Waals surface area contributed by atoms with Gasteiger partial charge in [0.05, 0.1) is 10.5 Å². The number of hydrogen-bond donors (Lipinski definition) is 1. The van der Waals surface area contributed by atoms with Gasteiger partial charge in [-0.25, -0.2) is 8.42 Å². The van der Waals surface area contributed by atoms with Crippen molar-refractivity contribution in [2.24, 2.45) is 0 Å². The van der Waals surface area contributed by atoms with Gasteiger partial charge >= 0.3 is 6.18 Å². The highest BCUT2D eigenvalue weighted by Gasteiger charge is 2.29. The minimum absolute atomic E-state index is 0.195. The average Bonchev–Trinajstić information content (AvgIpc) is 2.73. The minimum Gasteiger partial charge on any atom is -0.280 e. The van der Waals surface area contributed by atoms with E-state index in [1.54, 1.807) is 48.5 Å². The molecule has 0 heterocycles. The number of benzene rings is 3. The van der Waals surface area contributed by atoms with Crippen LogP contribution in [0.1, 0.15) is 23.6 Å². The molecule has 0 aliphatic heterocycles. The van der Waals surface area contributed by atoms with Crippen LogP contribution in [0, 0.1) is 0 Å². The van der Waals surface area contributed by atoms with E-state index >= 15 is 0 Å². The van der Waals surface area contributed by atoms with Gasteiger partial charge in [0, 0.05) is 16.3 Å². The second-order valence-corrected chi connectivity index (χ2v) is 9.34. The van der Waals surface area contributed by atoms with Crippen LogP contribution in [0.2, 0.25) is 0 Å². The quantitative estimate of drug-likeness (QED) is 0.425. The monoisotopic (exact) mass is 451 g/mol. The normalized spacial score (nSPS) is 12.0. The predicted octanol–water partition coefficient (Wildman–Crippen LogP) is 6.36. The number of sulfonamides is 1. The summed E-state index contributed by atoms with van der Waals surface area (Å²) in [7, 11) is -3.67. The smallest absolute Gasteiger partial charge is 0.280 e. The Morgan fingerprint density at radius 1 is 0.833 bits per heavy atom. The number of anilines is 1. The third-order valence-corrected chi connectivity index (χ3v) is 6.92. The Morgan fingerprint density at radius 2 is 1.40 bits per heavy atom. The average molecular weight is 452 g/mol. The highest BCUT2D eigenvalue weighted by atomic mass is 32.2. The first kappa shape index (κ1) is 22.2. The van der Waals surface area contributed by atoms with E-state index in [0.29, 0.717) is 11.4 Å². The number of alkyl halides is 3. The van der Waals surface area contributed by atoms with Gasteiger partial charge in [-0.2, -0.15) is 13.2 Å². The molecule has 3 nitrogen and oxygen atoms in total. The van der Waals surface area contributed by atoms with E-state index in [1.807, 2.05) is 6.92 Å². The third kappa shape index (κ3) is 5.79. The Labute approximate surface area is 178 Å². The third-order valence-electron chi connectivity index (χ3n) is 4.44. The standard InChI is InChI=1S/C22H20F3NO2S2/c1-2-16-5-13-21(14-6-16)30(27,28)26-19-9-11-20(12-10-19)29-15-17-3-7-18(8-4-17)22(23,24)25/h3-14,26H,2,15H2,1H3.